The molecular formula is C45H51BN2O6Si. The number of aromatic nitrogens is 1. The summed E-state index contributed by atoms with van der Waals surface area (Å²) in [6.07, 6.45) is 5.64. The van der Waals surface area contributed by atoms with Crippen LogP contribution < -0.4 is 10.4 Å². The number of aromatic hydroxyl groups is 1. The Hall–Kier alpha value is -4.61. The van der Waals surface area contributed by atoms with Crippen molar-refractivity contribution in [2.75, 3.05) is 13.2 Å². The molecule has 0 saturated carbocycles. The Balaban J connectivity index is 1.32. The third-order valence-corrected chi connectivity index (χ3v) is 16.6. The summed E-state index contributed by atoms with van der Waals surface area (Å²) in [5.74, 6) is -1.51. The van der Waals surface area contributed by atoms with Gasteiger partial charge in [-0.3, -0.25) is 19.5 Å². The fraction of sp³-hybridized carbons (Fsp3) is 0.356. The molecule has 4 aromatic rings. The molecule has 1 aliphatic carbocycles. The van der Waals surface area contributed by atoms with E-state index in [-0.39, 0.29) is 41.4 Å². The monoisotopic (exact) mass is 754 g/mol. The van der Waals surface area contributed by atoms with Gasteiger partial charge in [0, 0.05) is 12.7 Å². The van der Waals surface area contributed by atoms with Gasteiger partial charge in [-0.05, 0) is 106 Å². The van der Waals surface area contributed by atoms with Crippen LogP contribution in [0.1, 0.15) is 64.6 Å². The van der Waals surface area contributed by atoms with Gasteiger partial charge in [-0.1, -0.05) is 107 Å². The lowest BCUT2D eigenvalue weighted by Crippen LogP contribution is -2.66. The van der Waals surface area contributed by atoms with Gasteiger partial charge in [0.05, 0.1) is 30.2 Å². The Morgan fingerprint density at radius 1 is 0.945 bits per heavy atom. The van der Waals surface area contributed by atoms with Crippen molar-refractivity contribution in [3.63, 3.8) is 0 Å². The van der Waals surface area contributed by atoms with Gasteiger partial charge in [0.15, 0.2) is 0 Å². The molecule has 3 aliphatic rings. The number of amides is 2. The fourth-order valence-electron chi connectivity index (χ4n) is 9.29. The minimum Gasteiger partial charge on any atom is -0.508 e. The number of fused-ring (bicyclic) bond motifs is 3. The number of phenolic OH excluding ortho intramolecular Hbond substituents is 1. The highest BCUT2D eigenvalue weighted by atomic mass is 28.4. The summed E-state index contributed by atoms with van der Waals surface area (Å²) in [5, 5.41) is 23.6. The van der Waals surface area contributed by atoms with Crippen LogP contribution in [0.5, 0.6) is 5.75 Å². The molecule has 2 N–H and O–H groups in total. The van der Waals surface area contributed by atoms with Gasteiger partial charge in [-0.15, -0.1) is 0 Å². The van der Waals surface area contributed by atoms with Crippen molar-refractivity contribution in [2.45, 2.75) is 70.8 Å². The van der Waals surface area contributed by atoms with Crippen LogP contribution in [0.25, 0.3) is 11.6 Å². The third-order valence-electron chi connectivity index (χ3n) is 11.6. The lowest BCUT2D eigenvalue weighted by atomic mass is 9.58. The zero-order valence-electron chi connectivity index (χ0n) is 32.2. The molecule has 3 aromatic carbocycles. The summed E-state index contributed by atoms with van der Waals surface area (Å²) < 4.78 is 14.0. The molecule has 55 heavy (non-hydrogen) atoms. The Morgan fingerprint density at radius 3 is 2.25 bits per heavy atom. The maximum Gasteiger partial charge on any atom is 0.455 e. The standard InChI is InChI=1S/C45H51BN2O6Si/c1-5-25-48-43(50)37-28-33(30-53-55(45(2,3)4,35-17-8-6-9-18-35)36-19-10-7-11-20-36)41-38(42(37)44(48)51)29-46(52)54-40(41)23-22-32(39-21-12-13-24-47-39)26-31-15-14-16-34(49)27-31/h6-21,24,26-27,37-38,40,42,49,52H,5,22-23,25,28-30H2,1-4H3/b32-26-/t37-,38+,40-,42-/m1/s1. The Kier molecular flexibility index (Phi) is 11.4. The molecule has 2 fully saturated rings. The van der Waals surface area contributed by atoms with Gasteiger partial charge in [-0.2, -0.15) is 0 Å². The second kappa shape index (κ2) is 16.2. The van der Waals surface area contributed by atoms with E-state index in [9.17, 15) is 19.7 Å². The number of imide groups is 1. The second-order valence-corrected chi connectivity index (χ2v) is 20.4. The molecule has 1 aromatic heterocycles. The van der Waals surface area contributed by atoms with Crippen molar-refractivity contribution in [3.8, 4) is 5.75 Å². The summed E-state index contributed by atoms with van der Waals surface area (Å²) in [6.45, 7) is 9.39. The molecule has 2 saturated heterocycles. The maximum absolute atomic E-state index is 14.1. The minimum absolute atomic E-state index is 0.122. The topological polar surface area (TPSA) is 109 Å². The van der Waals surface area contributed by atoms with E-state index in [4.69, 9.17) is 9.08 Å². The molecule has 284 valence electrons. The van der Waals surface area contributed by atoms with E-state index in [0.717, 1.165) is 38.4 Å². The number of hydrogen-bond acceptors (Lipinski definition) is 7. The molecule has 0 bridgehead atoms. The zero-order valence-corrected chi connectivity index (χ0v) is 33.2. The van der Waals surface area contributed by atoms with Gasteiger partial charge >= 0.3 is 7.12 Å². The summed E-state index contributed by atoms with van der Waals surface area (Å²) in [5.41, 5.74) is 4.58. The number of carbonyl (C=O) groups excluding carboxylic acids is 2. The van der Waals surface area contributed by atoms with E-state index in [1.165, 1.54) is 4.90 Å². The normalized spacial score (nSPS) is 21.9. The van der Waals surface area contributed by atoms with Crippen LogP contribution in [0.2, 0.25) is 11.4 Å². The van der Waals surface area contributed by atoms with Crippen LogP contribution in [-0.2, 0) is 18.7 Å². The predicted octanol–water partition coefficient (Wildman–Crippen LogP) is 6.89. The van der Waals surface area contributed by atoms with Gasteiger partial charge < -0.3 is 19.2 Å². The summed E-state index contributed by atoms with van der Waals surface area (Å²) >= 11 is 0. The van der Waals surface area contributed by atoms with Crippen molar-refractivity contribution >= 4 is 49.3 Å². The first-order valence-corrected chi connectivity index (χ1v) is 21.5. The first kappa shape index (κ1) is 38.7. The highest BCUT2D eigenvalue weighted by Crippen LogP contribution is 2.51. The molecule has 0 unspecified atom stereocenters. The number of nitrogens with zero attached hydrogens (tertiary/aromatic N) is 2. The summed E-state index contributed by atoms with van der Waals surface area (Å²) in [6, 6.07) is 33.9. The number of benzene rings is 3. The smallest absolute Gasteiger partial charge is 0.455 e. The van der Waals surface area contributed by atoms with Crippen LogP contribution in [0.3, 0.4) is 0 Å². The molecule has 10 heteroatoms. The quantitative estimate of drug-likeness (QED) is 0.0922. The van der Waals surface area contributed by atoms with Crippen LogP contribution in [0, 0.1) is 17.8 Å². The molecule has 0 radical (unpaired) electrons. The number of phenols is 1. The average molecular weight is 755 g/mol. The Morgan fingerprint density at radius 2 is 1.64 bits per heavy atom. The van der Waals surface area contributed by atoms with E-state index in [2.05, 4.69) is 74.3 Å². The molecule has 2 amide bonds. The first-order chi connectivity index (χ1) is 26.5. The van der Waals surface area contributed by atoms with Crippen LogP contribution in [0.4, 0.5) is 0 Å². The summed E-state index contributed by atoms with van der Waals surface area (Å²) in [7, 11) is -4.06. The van der Waals surface area contributed by atoms with E-state index in [1.807, 2.05) is 55.5 Å². The zero-order chi connectivity index (χ0) is 38.7. The molecule has 0 spiro atoms. The molecule has 4 atom stereocenters. The number of hydrogen-bond donors (Lipinski definition) is 2. The van der Waals surface area contributed by atoms with Crippen LogP contribution in [-0.4, -0.2) is 66.5 Å². The van der Waals surface area contributed by atoms with Gasteiger partial charge in [0.1, 0.15) is 5.75 Å². The second-order valence-electron chi connectivity index (χ2n) is 16.1. The lowest BCUT2D eigenvalue weighted by Gasteiger charge is -2.46. The Labute approximate surface area is 326 Å². The molecule has 3 heterocycles. The molecule has 7 rings (SSSR count). The Bertz CT molecular complexity index is 2010. The number of allylic oxidation sites excluding steroid dienone is 1. The number of carbonyl (C=O) groups is 2. The van der Waals surface area contributed by atoms with Crippen molar-refractivity contribution < 1.29 is 28.8 Å². The number of pyridine rings is 1. The highest BCUT2D eigenvalue weighted by molar-refractivity contribution is 6.99. The van der Waals surface area contributed by atoms with E-state index < -0.39 is 33.4 Å². The summed E-state index contributed by atoms with van der Waals surface area (Å²) in [4.78, 5) is 34.2. The molecule has 8 nitrogen and oxygen atoms in total. The van der Waals surface area contributed by atoms with E-state index in [1.54, 1.807) is 18.3 Å². The average Bonchev–Trinajstić information content (AvgIpc) is 3.41. The highest BCUT2D eigenvalue weighted by Gasteiger charge is 2.58. The van der Waals surface area contributed by atoms with Crippen molar-refractivity contribution in [1.82, 2.24) is 9.88 Å². The maximum atomic E-state index is 14.1. The number of likely N-dealkylation sites (tertiary alicyclic amines) is 1. The lowest BCUT2D eigenvalue weighted by molar-refractivity contribution is -0.140. The van der Waals surface area contributed by atoms with E-state index in [0.29, 0.717) is 32.2 Å². The van der Waals surface area contributed by atoms with Gasteiger partial charge in [0.25, 0.3) is 8.32 Å². The van der Waals surface area contributed by atoms with Gasteiger partial charge in [0.2, 0.25) is 11.8 Å². The molecule has 2 aliphatic heterocycles. The van der Waals surface area contributed by atoms with Crippen molar-refractivity contribution in [3.05, 3.63) is 132 Å². The van der Waals surface area contributed by atoms with Crippen LogP contribution >= 0.6 is 0 Å². The van der Waals surface area contributed by atoms with Crippen molar-refractivity contribution in [1.29, 1.82) is 0 Å². The van der Waals surface area contributed by atoms with Crippen LogP contribution in [0.15, 0.2) is 120 Å². The first-order valence-electron chi connectivity index (χ1n) is 19.6. The predicted molar refractivity (Wildman–Crippen MR) is 220 cm³/mol. The van der Waals surface area contributed by atoms with Crippen molar-refractivity contribution in [2.24, 2.45) is 17.8 Å². The largest absolute Gasteiger partial charge is 0.508 e. The third kappa shape index (κ3) is 7.65. The number of rotatable bonds is 12. The van der Waals surface area contributed by atoms with Gasteiger partial charge in [-0.25, -0.2) is 0 Å². The SMILES string of the molecule is CCCN1C(=O)[C@@H]2[C@@H](CC(CO[Si](c3ccccc3)(c3ccccc3)C(C)(C)C)=C3[C@@H](CC/C(=C/c4cccc(O)c4)c4ccccn4)OB(O)C[C@@H]32)C1=O. The fourth-order valence-corrected chi connectivity index (χ4v) is 13.8. The molecular weight excluding hydrogens is 703 g/mol. The minimum atomic E-state index is -2.97. The van der Waals surface area contributed by atoms with E-state index >= 15 is 0 Å².